The third kappa shape index (κ3) is 2.87. The Kier molecular flexibility index (Phi) is 3.72. The van der Waals surface area contributed by atoms with Crippen LogP contribution in [0, 0.1) is 0 Å². The van der Waals surface area contributed by atoms with Gasteiger partial charge in [-0.25, -0.2) is 4.74 Å². The van der Waals surface area contributed by atoms with E-state index in [1.807, 2.05) is 0 Å². The molecular weight excluding hydrogens is 270 g/mol. The second-order valence-electron chi connectivity index (χ2n) is 2.23. The van der Waals surface area contributed by atoms with E-state index >= 15 is 0 Å². The molecule has 0 radical (unpaired) electrons. The van der Waals surface area contributed by atoms with Gasteiger partial charge in [0, 0.05) is 0 Å². The molecule has 0 amide bonds. The molecule has 16 heavy (non-hydrogen) atoms. The molecule has 0 unspecified atom stereocenters. The first-order valence-electron chi connectivity index (χ1n) is 2.97. The Labute approximate surface area is 79.6 Å². The topological polar surface area (TPSA) is 18.5 Å². The summed E-state index contributed by atoms with van der Waals surface area (Å²) < 4.78 is 117. The third-order valence-corrected chi connectivity index (χ3v) is 1.06. The minimum atomic E-state index is -6.94. The molecule has 2 nitrogen and oxygen atoms in total. The highest BCUT2D eigenvalue weighted by molar-refractivity contribution is 4.85. The van der Waals surface area contributed by atoms with Gasteiger partial charge in [0.05, 0.1) is 0 Å². The van der Waals surface area contributed by atoms with Crippen molar-refractivity contribution in [2.75, 3.05) is 0 Å². The van der Waals surface area contributed by atoms with E-state index in [1.54, 1.807) is 4.74 Å². The average molecular weight is 270 g/mol. The van der Waals surface area contributed by atoms with Crippen molar-refractivity contribution in [2.24, 2.45) is 0 Å². The third-order valence-electron chi connectivity index (χ3n) is 1.06. The van der Waals surface area contributed by atoms with Gasteiger partial charge >= 0.3 is 24.5 Å². The minimum absolute atomic E-state index is 1.35. The summed E-state index contributed by atoms with van der Waals surface area (Å²) in [4.78, 5) is 1.35. The number of halogens is 10. The Morgan fingerprint density at radius 3 is 1.31 bits per heavy atom. The average Bonchev–Trinajstić information content (AvgIpc) is 2.00. The van der Waals surface area contributed by atoms with Crippen LogP contribution >= 0.6 is 0 Å². The number of ether oxygens (including phenoxy) is 1. The summed E-state index contributed by atoms with van der Waals surface area (Å²) in [5.41, 5.74) is 0. The van der Waals surface area contributed by atoms with Crippen LogP contribution in [-0.2, 0) is 9.68 Å². The highest BCUT2D eigenvalue weighted by Crippen LogP contribution is 2.48. The normalized spacial score (nSPS) is 15.4. The van der Waals surface area contributed by atoms with Gasteiger partial charge in [0.25, 0.3) is 0 Å². The highest BCUT2D eigenvalue weighted by atomic mass is 19.4. The lowest BCUT2D eigenvalue weighted by Gasteiger charge is -2.28. The lowest BCUT2D eigenvalue weighted by molar-refractivity contribution is -0.549. The van der Waals surface area contributed by atoms with E-state index in [0.29, 0.717) is 0 Å². The van der Waals surface area contributed by atoms with Crippen molar-refractivity contribution in [3.8, 4) is 0 Å². The van der Waals surface area contributed by atoms with Crippen LogP contribution in [0.15, 0.2) is 0 Å². The van der Waals surface area contributed by atoms with Gasteiger partial charge in [-0.1, -0.05) is 4.94 Å². The molecule has 0 saturated carbocycles. The van der Waals surface area contributed by atoms with Crippen LogP contribution in [0.4, 0.5) is 44.0 Å². The predicted octanol–water partition coefficient (Wildman–Crippen LogP) is 3.24. The summed E-state index contributed by atoms with van der Waals surface area (Å²) >= 11 is 0. The molecule has 0 aliphatic carbocycles. The lowest BCUT2D eigenvalue weighted by Crippen LogP contribution is -2.55. The summed E-state index contributed by atoms with van der Waals surface area (Å²) in [7, 11) is 0. The monoisotopic (exact) mass is 270 g/mol. The van der Waals surface area contributed by atoms with Crippen LogP contribution in [0.5, 0.6) is 0 Å². The molecule has 0 heterocycles. The Hall–Kier alpha value is -0.780. The van der Waals surface area contributed by atoms with Gasteiger partial charge in [-0.3, -0.25) is 0 Å². The minimum Gasteiger partial charge on any atom is -0.222 e. The molecule has 0 fully saturated rings. The van der Waals surface area contributed by atoms with Crippen LogP contribution in [-0.4, -0.2) is 24.5 Å². The van der Waals surface area contributed by atoms with E-state index in [1.165, 1.54) is 4.94 Å². The van der Waals surface area contributed by atoms with Gasteiger partial charge in [-0.2, -0.15) is 30.7 Å². The van der Waals surface area contributed by atoms with Crippen LogP contribution in [0.1, 0.15) is 0 Å². The summed E-state index contributed by atoms with van der Waals surface area (Å²) in [6.07, 6.45) is -19.5. The standard InChI is InChI=1S/C4F10O2/c5-1(6,2(7,8)9)3(10,11)15-4(12,13)16-14. The molecule has 0 atom stereocenters. The molecule has 0 saturated heterocycles. The first kappa shape index (κ1) is 15.2. The molecule has 12 heteroatoms. The molecule has 0 aromatic carbocycles. The van der Waals surface area contributed by atoms with Gasteiger partial charge in [-0.15, -0.1) is 8.78 Å². The summed E-state index contributed by atoms with van der Waals surface area (Å²) in [6, 6.07) is 0. The van der Waals surface area contributed by atoms with Gasteiger partial charge in [0.1, 0.15) is 0 Å². The molecule has 0 aliphatic heterocycles. The SMILES string of the molecule is FOC(F)(F)OC(F)(F)C(F)(F)C(F)(F)F. The number of rotatable bonds is 4. The maximum Gasteiger partial charge on any atom is 0.521 e. The van der Waals surface area contributed by atoms with Crippen LogP contribution in [0.3, 0.4) is 0 Å². The Morgan fingerprint density at radius 1 is 0.688 bits per heavy atom. The smallest absolute Gasteiger partial charge is 0.222 e. The van der Waals surface area contributed by atoms with Gasteiger partial charge in [0.2, 0.25) is 0 Å². The van der Waals surface area contributed by atoms with E-state index in [4.69, 9.17) is 0 Å². The van der Waals surface area contributed by atoms with Crippen molar-refractivity contribution in [3.63, 3.8) is 0 Å². The van der Waals surface area contributed by atoms with Crippen molar-refractivity contribution in [1.82, 2.24) is 0 Å². The Bertz CT molecular complexity index is 244. The van der Waals surface area contributed by atoms with Gasteiger partial charge in [-0.05, 0) is 4.53 Å². The van der Waals surface area contributed by atoms with E-state index in [2.05, 4.69) is 0 Å². The van der Waals surface area contributed by atoms with Gasteiger partial charge < -0.3 is 0 Å². The Morgan fingerprint density at radius 2 is 1.06 bits per heavy atom. The van der Waals surface area contributed by atoms with E-state index in [-0.39, 0.29) is 0 Å². The van der Waals surface area contributed by atoms with Crippen molar-refractivity contribution < 1.29 is 53.7 Å². The fraction of sp³-hybridized carbons (Fsp3) is 1.00. The van der Waals surface area contributed by atoms with Crippen molar-refractivity contribution in [3.05, 3.63) is 0 Å². The lowest BCUT2D eigenvalue weighted by atomic mass is 10.3. The largest absolute Gasteiger partial charge is 0.521 e. The van der Waals surface area contributed by atoms with Crippen LogP contribution < -0.4 is 0 Å². The van der Waals surface area contributed by atoms with E-state index in [9.17, 15) is 44.0 Å². The second-order valence-corrected chi connectivity index (χ2v) is 2.23. The van der Waals surface area contributed by atoms with Crippen molar-refractivity contribution >= 4 is 0 Å². The highest BCUT2D eigenvalue weighted by Gasteiger charge is 2.76. The summed E-state index contributed by atoms with van der Waals surface area (Å²) in [5.74, 6) is -6.94. The molecule has 0 aromatic heterocycles. The van der Waals surface area contributed by atoms with Gasteiger partial charge in [0.15, 0.2) is 0 Å². The predicted molar refractivity (Wildman–Crippen MR) is 24.2 cm³/mol. The quantitative estimate of drug-likeness (QED) is 0.576. The zero-order valence-corrected chi connectivity index (χ0v) is 6.60. The zero-order valence-electron chi connectivity index (χ0n) is 6.60. The number of alkyl halides is 9. The molecule has 0 aliphatic rings. The molecule has 98 valence electrons. The maximum absolute atomic E-state index is 12.0. The number of hydrogen-bond acceptors (Lipinski definition) is 2. The first-order valence-corrected chi connectivity index (χ1v) is 2.97. The molecule has 0 rings (SSSR count). The van der Waals surface area contributed by atoms with E-state index < -0.39 is 24.5 Å². The van der Waals surface area contributed by atoms with Crippen molar-refractivity contribution in [1.29, 1.82) is 0 Å². The summed E-state index contributed by atoms with van der Waals surface area (Å²) in [5, 5.41) is 0. The second kappa shape index (κ2) is 3.91. The van der Waals surface area contributed by atoms with Crippen LogP contribution in [0.2, 0.25) is 0 Å². The fourth-order valence-electron chi connectivity index (χ4n) is 0.394. The zero-order chi connectivity index (χ0) is 13.4. The molecular formula is C4F10O2. The number of hydrogen-bond donors (Lipinski definition) is 0. The first-order chi connectivity index (χ1) is 6.77. The van der Waals surface area contributed by atoms with E-state index in [0.717, 1.165) is 0 Å². The molecule has 0 bridgehead atoms. The maximum atomic E-state index is 12.0. The fourth-order valence-corrected chi connectivity index (χ4v) is 0.394. The van der Waals surface area contributed by atoms with Crippen LogP contribution in [0.25, 0.3) is 0 Å². The molecule has 0 N–H and O–H groups in total. The summed E-state index contributed by atoms with van der Waals surface area (Å²) in [6.45, 7) is 0. The Balaban J connectivity index is 5.07. The van der Waals surface area contributed by atoms with Crippen molar-refractivity contribution in [2.45, 2.75) is 24.5 Å². The molecule has 0 aromatic rings. The molecule has 0 spiro atoms.